The van der Waals surface area contributed by atoms with Crippen molar-refractivity contribution in [3.05, 3.63) is 34.1 Å². The van der Waals surface area contributed by atoms with Crippen molar-refractivity contribution >= 4 is 33.6 Å². The van der Waals surface area contributed by atoms with Crippen LogP contribution >= 0.6 is 27.7 Å². The van der Waals surface area contributed by atoms with E-state index in [-0.39, 0.29) is 5.91 Å². The van der Waals surface area contributed by atoms with Gasteiger partial charge in [-0.25, -0.2) is 4.39 Å². The molecule has 1 rings (SSSR count). The number of carbonyl (C=O) groups excluding carboxylic acids is 1. The van der Waals surface area contributed by atoms with Crippen LogP contribution in [0.5, 0.6) is 0 Å². The van der Waals surface area contributed by atoms with Gasteiger partial charge in [0, 0.05) is 11.0 Å². The van der Waals surface area contributed by atoms with Gasteiger partial charge in [-0.2, -0.15) is 11.8 Å². The van der Waals surface area contributed by atoms with Crippen molar-refractivity contribution in [3.8, 4) is 0 Å². The van der Waals surface area contributed by atoms with E-state index in [0.29, 0.717) is 16.6 Å². The minimum atomic E-state index is -0.398. The fourth-order valence-corrected chi connectivity index (χ4v) is 2.61. The van der Waals surface area contributed by atoms with E-state index in [4.69, 9.17) is 0 Å². The predicted octanol–water partition coefficient (Wildman–Crippen LogP) is 4.24. The minimum absolute atomic E-state index is 0.226. The Balaban J connectivity index is 2.26. The Kier molecular flexibility index (Phi) is 8.14. The molecule has 1 aromatic carbocycles. The summed E-state index contributed by atoms with van der Waals surface area (Å²) in [6, 6.07) is 4.12. The van der Waals surface area contributed by atoms with E-state index >= 15 is 0 Å². The van der Waals surface area contributed by atoms with Crippen molar-refractivity contribution in [2.75, 3.05) is 18.6 Å². The Hall–Kier alpha value is -0.550. The van der Waals surface area contributed by atoms with E-state index in [2.05, 4.69) is 27.5 Å². The fraction of sp³-hybridized carbons (Fsp3) is 0.500. The van der Waals surface area contributed by atoms with E-state index in [1.807, 2.05) is 11.8 Å². The lowest BCUT2D eigenvalue weighted by molar-refractivity contribution is 0.0951. The molecule has 0 atom stereocenters. The highest BCUT2D eigenvalue weighted by atomic mass is 79.9. The molecular formula is C14H19BrFNOS. The molecule has 0 bridgehead atoms. The summed E-state index contributed by atoms with van der Waals surface area (Å²) in [5.41, 5.74) is 0.349. The number of halogens is 2. The lowest BCUT2D eigenvalue weighted by Gasteiger charge is -2.07. The molecule has 0 aliphatic heterocycles. The third-order valence-corrected chi connectivity index (χ3v) is 4.12. The van der Waals surface area contributed by atoms with Gasteiger partial charge in [0.2, 0.25) is 0 Å². The second kappa shape index (κ2) is 9.37. The van der Waals surface area contributed by atoms with Gasteiger partial charge in [0.1, 0.15) is 5.82 Å². The monoisotopic (exact) mass is 347 g/mol. The number of hydrogen-bond donors (Lipinski definition) is 1. The summed E-state index contributed by atoms with van der Waals surface area (Å²) in [5, 5.41) is 2.82. The van der Waals surface area contributed by atoms with Crippen LogP contribution in [0.4, 0.5) is 4.39 Å². The summed E-state index contributed by atoms with van der Waals surface area (Å²) in [7, 11) is 0. The second-order valence-electron chi connectivity index (χ2n) is 4.29. The standard InChI is InChI=1S/C14H19BrFNOS/c1-19-9-5-3-2-4-8-17-14(18)12-10-11(16)6-7-13(12)15/h6-7,10H,2-5,8-9H2,1H3,(H,17,18). The maximum absolute atomic E-state index is 13.1. The Bertz CT molecular complexity index is 414. The van der Waals surface area contributed by atoms with Crippen LogP contribution in [0, 0.1) is 5.82 Å². The maximum Gasteiger partial charge on any atom is 0.252 e. The van der Waals surface area contributed by atoms with Gasteiger partial charge in [0.25, 0.3) is 5.91 Å². The van der Waals surface area contributed by atoms with E-state index < -0.39 is 5.82 Å². The summed E-state index contributed by atoms with van der Waals surface area (Å²) in [6.45, 7) is 0.640. The molecule has 1 N–H and O–H groups in total. The average molecular weight is 348 g/mol. The van der Waals surface area contributed by atoms with Crippen molar-refractivity contribution in [1.82, 2.24) is 5.32 Å². The largest absolute Gasteiger partial charge is 0.352 e. The van der Waals surface area contributed by atoms with Gasteiger partial charge in [-0.15, -0.1) is 0 Å². The third kappa shape index (κ3) is 6.43. The van der Waals surface area contributed by atoms with Crippen LogP contribution in [-0.4, -0.2) is 24.5 Å². The van der Waals surface area contributed by atoms with Gasteiger partial charge in [-0.1, -0.05) is 12.8 Å². The molecule has 1 amide bonds. The predicted molar refractivity (Wildman–Crippen MR) is 83.3 cm³/mol. The molecule has 1 aromatic rings. The Morgan fingerprint density at radius 2 is 2.05 bits per heavy atom. The molecule has 106 valence electrons. The number of benzene rings is 1. The normalized spacial score (nSPS) is 10.5. The van der Waals surface area contributed by atoms with Crippen LogP contribution in [0.3, 0.4) is 0 Å². The summed E-state index contributed by atoms with van der Waals surface area (Å²) in [5.74, 6) is 0.573. The van der Waals surface area contributed by atoms with Gasteiger partial charge in [-0.05, 0) is 59.0 Å². The molecule has 0 saturated carbocycles. The summed E-state index contributed by atoms with van der Waals surface area (Å²) < 4.78 is 13.7. The van der Waals surface area contributed by atoms with E-state index in [1.165, 1.54) is 30.7 Å². The zero-order chi connectivity index (χ0) is 14.1. The highest BCUT2D eigenvalue weighted by Crippen LogP contribution is 2.17. The number of rotatable bonds is 8. The van der Waals surface area contributed by atoms with Crippen molar-refractivity contribution in [2.24, 2.45) is 0 Å². The molecule has 0 radical (unpaired) electrons. The molecule has 0 aliphatic carbocycles. The first-order valence-corrected chi connectivity index (χ1v) is 8.56. The number of thioether (sulfide) groups is 1. The van der Waals surface area contributed by atoms with Crippen LogP contribution in [0.15, 0.2) is 22.7 Å². The summed E-state index contributed by atoms with van der Waals surface area (Å²) >= 11 is 5.11. The Morgan fingerprint density at radius 3 is 2.79 bits per heavy atom. The van der Waals surface area contributed by atoms with E-state index in [0.717, 1.165) is 12.8 Å². The lowest BCUT2D eigenvalue weighted by atomic mass is 10.2. The molecule has 2 nitrogen and oxygen atoms in total. The molecule has 0 saturated heterocycles. The fourth-order valence-electron chi connectivity index (χ4n) is 1.69. The highest BCUT2D eigenvalue weighted by Gasteiger charge is 2.10. The molecular weight excluding hydrogens is 329 g/mol. The molecule has 0 fully saturated rings. The smallest absolute Gasteiger partial charge is 0.252 e. The molecule has 0 unspecified atom stereocenters. The topological polar surface area (TPSA) is 29.1 Å². The molecule has 0 aromatic heterocycles. The first kappa shape index (κ1) is 16.5. The van der Waals surface area contributed by atoms with Gasteiger partial charge in [-0.3, -0.25) is 4.79 Å². The van der Waals surface area contributed by atoms with Crippen LogP contribution in [0.2, 0.25) is 0 Å². The summed E-state index contributed by atoms with van der Waals surface area (Å²) in [6.07, 6.45) is 6.61. The molecule has 0 heterocycles. The quantitative estimate of drug-likeness (QED) is 0.712. The molecule has 0 aliphatic rings. The van der Waals surface area contributed by atoms with Crippen molar-refractivity contribution in [2.45, 2.75) is 25.7 Å². The lowest BCUT2D eigenvalue weighted by Crippen LogP contribution is -2.24. The zero-order valence-electron chi connectivity index (χ0n) is 11.0. The third-order valence-electron chi connectivity index (χ3n) is 2.73. The molecule has 0 spiro atoms. The number of carbonyl (C=O) groups is 1. The first-order chi connectivity index (χ1) is 9.15. The van der Waals surface area contributed by atoms with E-state index in [1.54, 1.807) is 6.07 Å². The zero-order valence-corrected chi connectivity index (χ0v) is 13.4. The summed E-state index contributed by atoms with van der Waals surface area (Å²) in [4.78, 5) is 11.8. The number of nitrogens with one attached hydrogen (secondary N) is 1. The van der Waals surface area contributed by atoms with Gasteiger partial charge in [0.15, 0.2) is 0 Å². The second-order valence-corrected chi connectivity index (χ2v) is 6.13. The molecule has 5 heteroatoms. The van der Waals surface area contributed by atoms with Crippen molar-refractivity contribution < 1.29 is 9.18 Å². The van der Waals surface area contributed by atoms with Gasteiger partial charge < -0.3 is 5.32 Å². The molecule has 19 heavy (non-hydrogen) atoms. The van der Waals surface area contributed by atoms with Crippen LogP contribution in [0.25, 0.3) is 0 Å². The first-order valence-electron chi connectivity index (χ1n) is 6.37. The Labute approximate surface area is 126 Å². The van der Waals surface area contributed by atoms with Crippen LogP contribution in [0.1, 0.15) is 36.0 Å². The van der Waals surface area contributed by atoms with Gasteiger partial charge >= 0.3 is 0 Å². The van der Waals surface area contributed by atoms with E-state index in [9.17, 15) is 9.18 Å². The SMILES string of the molecule is CSCCCCCCNC(=O)c1cc(F)ccc1Br. The average Bonchev–Trinajstić information content (AvgIpc) is 2.40. The number of amides is 1. The number of unbranched alkanes of at least 4 members (excludes halogenated alkanes) is 3. The Morgan fingerprint density at radius 1 is 1.32 bits per heavy atom. The minimum Gasteiger partial charge on any atom is -0.352 e. The van der Waals surface area contributed by atoms with Crippen LogP contribution in [-0.2, 0) is 0 Å². The maximum atomic E-state index is 13.1. The number of hydrogen-bond acceptors (Lipinski definition) is 2. The van der Waals surface area contributed by atoms with Crippen molar-refractivity contribution in [1.29, 1.82) is 0 Å². The van der Waals surface area contributed by atoms with Crippen LogP contribution < -0.4 is 5.32 Å². The van der Waals surface area contributed by atoms with Crippen molar-refractivity contribution in [3.63, 3.8) is 0 Å². The van der Waals surface area contributed by atoms with Gasteiger partial charge in [0.05, 0.1) is 5.56 Å². The highest BCUT2D eigenvalue weighted by molar-refractivity contribution is 9.10.